The van der Waals surface area contributed by atoms with E-state index < -0.39 is 0 Å². The third-order valence-corrected chi connectivity index (χ3v) is 5.24. The van der Waals surface area contributed by atoms with Crippen LogP contribution in [0.25, 0.3) is 11.2 Å². The molecule has 0 aliphatic rings. The van der Waals surface area contributed by atoms with Gasteiger partial charge in [0.25, 0.3) is 0 Å². The Bertz CT molecular complexity index is 774. The highest BCUT2D eigenvalue weighted by Crippen LogP contribution is 2.25. The van der Waals surface area contributed by atoms with E-state index >= 15 is 0 Å². The average Bonchev–Trinajstić information content (AvgIpc) is 2.92. The molecular weight excluding hydrogens is 370 g/mol. The van der Waals surface area contributed by atoms with Crippen molar-refractivity contribution in [3.8, 4) is 0 Å². The monoisotopic (exact) mass is 383 g/mol. The highest BCUT2D eigenvalue weighted by atomic mass is 79.9. The van der Waals surface area contributed by atoms with E-state index in [0.29, 0.717) is 5.88 Å². The van der Waals surface area contributed by atoms with Gasteiger partial charge in [-0.15, -0.1) is 22.9 Å². The number of pyridine rings is 1. The van der Waals surface area contributed by atoms with Gasteiger partial charge in [-0.05, 0) is 47.5 Å². The van der Waals surface area contributed by atoms with Gasteiger partial charge in [0, 0.05) is 32.7 Å². The van der Waals surface area contributed by atoms with Gasteiger partial charge in [0.1, 0.15) is 11.3 Å². The number of alkyl halides is 1. The minimum Gasteiger partial charge on any atom is -0.307 e. The molecule has 0 amide bonds. The second kappa shape index (κ2) is 6.07. The van der Waals surface area contributed by atoms with Crippen LogP contribution in [0.1, 0.15) is 21.1 Å². The largest absolute Gasteiger partial charge is 0.307 e. The number of fused-ring (bicyclic) bond motifs is 1. The van der Waals surface area contributed by atoms with Gasteiger partial charge in [-0.3, -0.25) is 0 Å². The fraction of sp³-hybridized carbons (Fsp3) is 0.333. The van der Waals surface area contributed by atoms with Crippen LogP contribution in [0.5, 0.6) is 0 Å². The lowest BCUT2D eigenvalue weighted by molar-refractivity contribution is 0.756. The first-order valence-electron chi connectivity index (χ1n) is 6.71. The minimum absolute atomic E-state index is 0.562. The van der Waals surface area contributed by atoms with Crippen LogP contribution in [0.15, 0.2) is 22.8 Å². The number of hydrogen-bond donors (Lipinski definition) is 0. The maximum atomic E-state index is 5.92. The molecule has 110 valence electrons. The zero-order valence-electron chi connectivity index (χ0n) is 11.9. The van der Waals surface area contributed by atoms with Gasteiger partial charge in [0.05, 0.1) is 6.54 Å². The highest BCUT2D eigenvalue weighted by Gasteiger charge is 2.13. The van der Waals surface area contributed by atoms with Crippen molar-refractivity contribution in [2.24, 2.45) is 0 Å². The molecule has 0 N–H and O–H groups in total. The van der Waals surface area contributed by atoms with E-state index in [-0.39, 0.29) is 0 Å². The SMILES string of the molecule is Cc1cc(Cn2c(CCCl)nc3cc(Br)cnc32)sc1C. The number of halogens is 2. The second-order valence-corrected chi connectivity index (χ2v) is 7.64. The van der Waals surface area contributed by atoms with Crippen molar-refractivity contribution in [3.05, 3.63) is 43.9 Å². The van der Waals surface area contributed by atoms with Crippen LogP contribution in [0.4, 0.5) is 0 Å². The Morgan fingerprint density at radius 3 is 2.81 bits per heavy atom. The Kier molecular flexibility index (Phi) is 4.33. The van der Waals surface area contributed by atoms with Gasteiger partial charge in [-0.1, -0.05) is 0 Å². The first-order chi connectivity index (χ1) is 10.1. The van der Waals surface area contributed by atoms with E-state index in [9.17, 15) is 0 Å². The molecule has 0 saturated heterocycles. The van der Waals surface area contributed by atoms with Crippen LogP contribution in [-0.4, -0.2) is 20.4 Å². The van der Waals surface area contributed by atoms with Gasteiger partial charge in [-0.25, -0.2) is 9.97 Å². The van der Waals surface area contributed by atoms with Crippen LogP contribution in [-0.2, 0) is 13.0 Å². The predicted octanol–water partition coefficient (Wildman–Crippen LogP) is 4.70. The first kappa shape index (κ1) is 15.0. The number of aryl methyl sites for hydroxylation is 3. The Balaban J connectivity index is 2.08. The summed E-state index contributed by atoms with van der Waals surface area (Å²) in [6.07, 6.45) is 2.56. The lowest BCUT2D eigenvalue weighted by atomic mass is 10.3. The maximum Gasteiger partial charge on any atom is 0.160 e. The number of rotatable bonds is 4. The Hall–Kier alpha value is -0.910. The second-order valence-electron chi connectivity index (χ2n) is 5.00. The molecule has 21 heavy (non-hydrogen) atoms. The Morgan fingerprint density at radius 2 is 2.14 bits per heavy atom. The molecule has 3 heterocycles. The van der Waals surface area contributed by atoms with E-state index in [4.69, 9.17) is 11.6 Å². The molecule has 3 nitrogen and oxygen atoms in total. The number of thiophene rings is 1. The molecule has 0 aliphatic heterocycles. The topological polar surface area (TPSA) is 30.7 Å². The normalized spacial score (nSPS) is 11.4. The van der Waals surface area contributed by atoms with Crippen LogP contribution in [0, 0.1) is 13.8 Å². The summed E-state index contributed by atoms with van der Waals surface area (Å²) < 4.78 is 3.12. The average molecular weight is 385 g/mol. The number of nitrogens with zero attached hydrogens (tertiary/aromatic N) is 3. The van der Waals surface area contributed by atoms with Crippen LogP contribution >= 0.6 is 38.9 Å². The van der Waals surface area contributed by atoms with Gasteiger partial charge in [0.2, 0.25) is 0 Å². The number of aromatic nitrogens is 3. The molecule has 0 aromatic carbocycles. The van der Waals surface area contributed by atoms with E-state index in [1.165, 1.54) is 15.3 Å². The molecule has 6 heteroatoms. The van der Waals surface area contributed by atoms with E-state index in [1.54, 1.807) is 0 Å². The molecule has 0 radical (unpaired) electrons. The van der Waals surface area contributed by atoms with Crippen LogP contribution < -0.4 is 0 Å². The Morgan fingerprint density at radius 1 is 1.33 bits per heavy atom. The molecule has 3 rings (SSSR count). The van der Waals surface area contributed by atoms with Crippen molar-refractivity contribution in [2.45, 2.75) is 26.8 Å². The van der Waals surface area contributed by atoms with Crippen molar-refractivity contribution in [2.75, 3.05) is 5.88 Å². The van der Waals surface area contributed by atoms with Crippen molar-refractivity contribution in [3.63, 3.8) is 0 Å². The molecule has 0 spiro atoms. The van der Waals surface area contributed by atoms with E-state index in [1.807, 2.05) is 23.6 Å². The summed E-state index contributed by atoms with van der Waals surface area (Å²) in [4.78, 5) is 11.9. The fourth-order valence-corrected chi connectivity index (χ4v) is 3.89. The summed E-state index contributed by atoms with van der Waals surface area (Å²) in [7, 11) is 0. The molecule has 3 aromatic rings. The third kappa shape index (κ3) is 3.00. The smallest absolute Gasteiger partial charge is 0.160 e. The standard InChI is InChI=1S/C15H15BrClN3S/c1-9-5-12(21-10(9)2)8-20-14(3-4-17)19-13-6-11(16)7-18-15(13)20/h5-7H,3-4,8H2,1-2H3. The summed E-state index contributed by atoms with van der Waals surface area (Å²) in [6, 6.07) is 4.25. The van der Waals surface area contributed by atoms with Crippen LogP contribution in [0.2, 0.25) is 0 Å². The summed E-state index contributed by atoms with van der Waals surface area (Å²) in [5.74, 6) is 1.56. The highest BCUT2D eigenvalue weighted by molar-refractivity contribution is 9.10. The van der Waals surface area contributed by atoms with Crippen molar-refractivity contribution in [1.82, 2.24) is 14.5 Å². The molecule has 0 aliphatic carbocycles. The predicted molar refractivity (Wildman–Crippen MR) is 92.5 cm³/mol. The molecular formula is C15H15BrClN3S. The molecule has 3 aromatic heterocycles. The summed E-state index contributed by atoms with van der Waals surface area (Å²) in [5.41, 5.74) is 3.17. The minimum atomic E-state index is 0.562. The van der Waals surface area contributed by atoms with Crippen molar-refractivity contribution >= 4 is 50.0 Å². The van der Waals surface area contributed by atoms with Gasteiger partial charge >= 0.3 is 0 Å². The summed E-state index contributed by atoms with van der Waals surface area (Å²) in [6.45, 7) is 5.11. The van der Waals surface area contributed by atoms with E-state index in [0.717, 1.165) is 34.4 Å². The third-order valence-electron chi connectivity index (χ3n) is 3.48. The lowest BCUT2D eigenvalue weighted by Gasteiger charge is -2.06. The molecule has 0 unspecified atom stereocenters. The Labute approximate surface area is 141 Å². The van der Waals surface area contributed by atoms with Gasteiger partial charge in [0.15, 0.2) is 5.65 Å². The molecule has 0 saturated carbocycles. The first-order valence-corrected chi connectivity index (χ1v) is 8.85. The van der Waals surface area contributed by atoms with E-state index in [2.05, 4.69) is 50.4 Å². The molecule has 0 fully saturated rings. The summed E-state index contributed by atoms with van der Waals surface area (Å²) in [5, 5.41) is 0. The van der Waals surface area contributed by atoms with Crippen LogP contribution in [0.3, 0.4) is 0 Å². The summed E-state index contributed by atoms with van der Waals surface area (Å²) >= 11 is 11.2. The zero-order valence-corrected chi connectivity index (χ0v) is 15.0. The zero-order chi connectivity index (χ0) is 15.0. The number of hydrogen-bond acceptors (Lipinski definition) is 3. The molecule has 0 bridgehead atoms. The maximum absolute atomic E-state index is 5.92. The van der Waals surface area contributed by atoms with Gasteiger partial charge in [-0.2, -0.15) is 0 Å². The van der Waals surface area contributed by atoms with Crippen molar-refractivity contribution in [1.29, 1.82) is 0 Å². The quantitative estimate of drug-likeness (QED) is 0.610. The van der Waals surface area contributed by atoms with Gasteiger partial charge < -0.3 is 4.57 Å². The fourth-order valence-electron chi connectivity index (χ4n) is 2.36. The lowest BCUT2D eigenvalue weighted by Crippen LogP contribution is -2.05. The number of imidazole rings is 1. The van der Waals surface area contributed by atoms with Crippen molar-refractivity contribution < 1.29 is 0 Å². The molecule has 0 atom stereocenters.